The number of nitrogens with zero attached hydrogens (tertiary/aromatic N) is 1. The van der Waals surface area contributed by atoms with Crippen molar-refractivity contribution in [2.75, 3.05) is 20.6 Å². The van der Waals surface area contributed by atoms with Crippen molar-refractivity contribution in [3.05, 3.63) is 48.2 Å². The Balaban J connectivity index is 0.0000102. The van der Waals surface area contributed by atoms with E-state index in [0.29, 0.717) is 13.0 Å². The lowest BCUT2D eigenvalue weighted by atomic mass is 10.0. The van der Waals surface area contributed by atoms with Gasteiger partial charge in [-0.25, -0.2) is 0 Å². The molecule has 3 nitrogen and oxygen atoms in total. The van der Waals surface area contributed by atoms with Crippen molar-refractivity contribution in [3.63, 3.8) is 0 Å². The predicted molar refractivity (Wildman–Crippen MR) is 139 cm³/mol. The Morgan fingerprint density at radius 1 is 0.788 bits per heavy atom. The number of benzene rings is 1. The number of nitrogens with one attached hydrogen (secondary N) is 1. The fourth-order valence-electron chi connectivity index (χ4n) is 4.12. The van der Waals surface area contributed by atoms with Gasteiger partial charge in [-0.2, -0.15) is 0 Å². The first kappa shape index (κ1) is 31.7. The van der Waals surface area contributed by atoms with Crippen molar-refractivity contribution in [3.8, 4) is 0 Å². The van der Waals surface area contributed by atoms with E-state index in [-0.39, 0.29) is 18.3 Å². The number of halogens is 1. The van der Waals surface area contributed by atoms with Crippen molar-refractivity contribution in [1.82, 2.24) is 5.32 Å². The number of hydrogen-bond donors (Lipinski definition) is 1. The van der Waals surface area contributed by atoms with Crippen LogP contribution in [0.25, 0.3) is 0 Å². The molecule has 1 rings (SSSR count). The van der Waals surface area contributed by atoms with E-state index in [0.717, 1.165) is 22.3 Å². The van der Waals surface area contributed by atoms with Gasteiger partial charge in [0.25, 0.3) is 0 Å². The second-order valence-corrected chi connectivity index (χ2v) is 10.0. The zero-order chi connectivity index (χ0) is 23.5. The second-order valence-electron chi connectivity index (χ2n) is 10.0. The van der Waals surface area contributed by atoms with Crippen molar-refractivity contribution >= 4 is 5.91 Å². The normalized spacial score (nSPS) is 11.1. The lowest BCUT2D eigenvalue weighted by molar-refractivity contribution is -0.853. The standard InChI is InChI=1S/C29H50N2O.ClH/c1-5-6-7-8-9-10-11-12-13-14-15-16-17-21-24-31(3,4)27(2)25-29(32)30-26-28-22-19-18-20-23-28;/h18-20,22-23H,2,5-17,21,24-26H2,1,3-4H3;1H. The van der Waals surface area contributed by atoms with Crippen LogP contribution in [0.5, 0.6) is 0 Å². The van der Waals surface area contributed by atoms with Crippen molar-refractivity contribution in [2.45, 2.75) is 110 Å². The Morgan fingerprint density at radius 3 is 1.73 bits per heavy atom. The van der Waals surface area contributed by atoms with Crippen LogP contribution in [0.1, 0.15) is 109 Å². The number of amides is 1. The molecule has 190 valence electrons. The molecule has 0 unspecified atom stereocenters. The maximum absolute atomic E-state index is 12.3. The number of quaternary nitrogens is 1. The molecule has 0 spiro atoms. The van der Waals surface area contributed by atoms with Gasteiger partial charge in [0.05, 0.1) is 20.6 Å². The van der Waals surface area contributed by atoms with E-state index in [9.17, 15) is 4.79 Å². The highest BCUT2D eigenvalue weighted by Crippen LogP contribution is 2.17. The van der Waals surface area contributed by atoms with Gasteiger partial charge in [-0.15, -0.1) is 0 Å². The summed E-state index contributed by atoms with van der Waals surface area (Å²) in [6.45, 7) is 8.14. The zero-order valence-electron chi connectivity index (χ0n) is 21.8. The third-order valence-electron chi connectivity index (χ3n) is 6.62. The SMILES string of the molecule is C=C(CC(=O)NCc1ccccc1)[N+](C)(C)CCCCCCCCCCCCCCCC.[Cl-]. The molecule has 1 aromatic rings. The highest BCUT2D eigenvalue weighted by atomic mass is 35.5. The van der Waals surface area contributed by atoms with Gasteiger partial charge in [-0.05, 0) is 25.0 Å². The molecule has 33 heavy (non-hydrogen) atoms. The molecule has 0 bridgehead atoms. The minimum absolute atomic E-state index is 0. The van der Waals surface area contributed by atoms with Gasteiger partial charge in [0.1, 0.15) is 12.1 Å². The molecule has 0 radical (unpaired) electrons. The van der Waals surface area contributed by atoms with E-state index in [4.69, 9.17) is 0 Å². The minimum atomic E-state index is 0. The molecule has 0 heterocycles. The number of rotatable bonds is 20. The summed E-state index contributed by atoms with van der Waals surface area (Å²) in [6.07, 6.45) is 19.7. The Labute approximate surface area is 211 Å². The van der Waals surface area contributed by atoms with Crippen LogP contribution in [-0.2, 0) is 11.3 Å². The Bertz CT molecular complexity index is 615. The molecular weight excluding hydrogens is 428 g/mol. The molecule has 0 atom stereocenters. The smallest absolute Gasteiger partial charge is 0.230 e. The summed E-state index contributed by atoms with van der Waals surface area (Å²) in [5, 5.41) is 3.01. The maximum Gasteiger partial charge on any atom is 0.230 e. The van der Waals surface area contributed by atoms with Gasteiger partial charge >= 0.3 is 0 Å². The van der Waals surface area contributed by atoms with Crippen molar-refractivity contribution < 1.29 is 21.7 Å². The lowest BCUT2D eigenvalue weighted by Crippen LogP contribution is -3.00. The topological polar surface area (TPSA) is 29.1 Å². The molecule has 0 aliphatic rings. The maximum atomic E-state index is 12.3. The third kappa shape index (κ3) is 16.9. The van der Waals surface area contributed by atoms with E-state index in [1.807, 2.05) is 30.3 Å². The summed E-state index contributed by atoms with van der Waals surface area (Å²) in [6, 6.07) is 10.0. The average molecular weight is 479 g/mol. The van der Waals surface area contributed by atoms with Crippen LogP contribution in [0.15, 0.2) is 42.6 Å². The highest BCUT2D eigenvalue weighted by Gasteiger charge is 2.22. The molecule has 0 saturated carbocycles. The summed E-state index contributed by atoms with van der Waals surface area (Å²) in [5.74, 6) is 0.0611. The van der Waals surface area contributed by atoms with Crippen LogP contribution in [0.2, 0.25) is 0 Å². The van der Waals surface area contributed by atoms with Crippen molar-refractivity contribution in [2.24, 2.45) is 0 Å². The third-order valence-corrected chi connectivity index (χ3v) is 6.62. The summed E-state index contributed by atoms with van der Waals surface area (Å²) < 4.78 is 0.733. The molecule has 0 fully saturated rings. The van der Waals surface area contributed by atoms with E-state index in [1.165, 1.54) is 89.9 Å². The average Bonchev–Trinajstić information content (AvgIpc) is 2.78. The van der Waals surface area contributed by atoms with Gasteiger partial charge in [-0.1, -0.05) is 114 Å². The van der Waals surface area contributed by atoms with Crippen molar-refractivity contribution in [1.29, 1.82) is 0 Å². The van der Waals surface area contributed by atoms with Crippen LogP contribution in [0, 0.1) is 0 Å². The minimum Gasteiger partial charge on any atom is -1.00 e. The lowest BCUT2D eigenvalue weighted by Gasteiger charge is -2.31. The largest absolute Gasteiger partial charge is 1.00 e. The number of carbonyl (C=O) groups excluding carboxylic acids is 1. The molecule has 0 aromatic heterocycles. The molecule has 0 aliphatic heterocycles. The molecule has 0 aliphatic carbocycles. The van der Waals surface area contributed by atoms with E-state index in [1.54, 1.807) is 0 Å². The number of hydrogen-bond acceptors (Lipinski definition) is 1. The first-order chi connectivity index (χ1) is 15.5. The Hall–Kier alpha value is -1.32. The van der Waals surface area contributed by atoms with Crippen LogP contribution in [-0.4, -0.2) is 31.0 Å². The molecule has 0 saturated heterocycles. The molecule has 1 aromatic carbocycles. The monoisotopic (exact) mass is 478 g/mol. The van der Waals surface area contributed by atoms with Crippen LogP contribution in [0.3, 0.4) is 0 Å². The number of unbranched alkanes of at least 4 members (excludes halogenated alkanes) is 13. The predicted octanol–water partition coefficient (Wildman–Crippen LogP) is 4.77. The molecule has 1 amide bonds. The zero-order valence-corrected chi connectivity index (χ0v) is 22.6. The van der Waals surface area contributed by atoms with Crippen LogP contribution in [0.4, 0.5) is 0 Å². The molecule has 1 N–H and O–H groups in total. The summed E-state index contributed by atoms with van der Waals surface area (Å²) in [5.41, 5.74) is 2.12. The summed E-state index contributed by atoms with van der Waals surface area (Å²) >= 11 is 0. The highest BCUT2D eigenvalue weighted by molar-refractivity contribution is 5.77. The van der Waals surface area contributed by atoms with Crippen LogP contribution >= 0.6 is 0 Å². The van der Waals surface area contributed by atoms with Gasteiger partial charge in [0, 0.05) is 6.54 Å². The van der Waals surface area contributed by atoms with Gasteiger partial charge in [0.2, 0.25) is 5.91 Å². The van der Waals surface area contributed by atoms with Gasteiger partial charge < -0.3 is 17.7 Å². The number of carbonyl (C=O) groups is 1. The quantitative estimate of drug-likeness (QED) is 0.212. The molecular formula is C29H51ClN2O. The summed E-state index contributed by atoms with van der Waals surface area (Å²) in [7, 11) is 4.35. The van der Waals surface area contributed by atoms with Gasteiger partial charge in [0.15, 0.2) is 0 Å². The van der Waals surface area contributed by atoms with E-state index in [2.05, 4.69) is 32.9 Å². The van der Waals surface area contributed by atoms with E-state index < -0.39 is 0 Å². The Kier molecular flexibility index (Phi) is 19.3. The second kappa shape index (κ2) is 20.1. The first-order valence-electron chi connectivity index (χ1n) is 13.3. The van der Waals surface area contributed by atoms with Crippen LogP contribution < -0.4 is 17.7 Å². The fourth-order valence-corrected chi connectivity index (χ4v) is 4.12. The van der Waals surface area contributed by atoms with E-state index >= 15 is 0 Å². The first-order valence-corrected chi connectivity index (χ1v) is 13.3. The van der Waals surface area contributed by atoms with Gasteiger partial charge in [-0.3, -0.25) is 9.28 Å². The molecule has 4 heteroatoms. The summed E-state index contributed by atoms with van der Waals surface area (Å²) in [4.78, 5) is 12.3. The fraction of sp³-hybridized carbons (Fsp3) is 0.690. The Morgan fingerprint density at radius 2 is 1.24 bits per heavy atom.